The largest absolute Gasteiger partial charge is 0.458 e. The first-order valence-corrected chi connectivity index (χ1v) is 12.1. The van der Waals surface area contributed by atoms with Crippen molar-refractivity contribution in [1.29, 1.82) is 0 Å². The number of oxime groups is 1. The van der Waals surface area contributed by atoms with Gasteiger partial charge >= 0.3 is 5.97 Å². The molecule has 35 heavy (non-hydrogen) atoms. The van der Waals surface area contributed by atoms with Crippen molar-refractivity contribution >= 4 is 23.3 Å². The van der Waals surface area contributed by atoms with E-state index >= 15 is 0 Å². The average molecular weight is 477 g/mol. The van der Waals surface area contributed by atoms with Gasteiger partial charge in [0.2, 0.25) is 0 Å². The van der Waals surface area contributed by atoms with Gasteiger partial charge in [-0.15, -0.1) is 0 Å². The maximum Gasteiger partial charge on any atom is 0.338 e. The molecule has 0 saturated carbocycles. The minimum absolute atomic E-state index is 0.00274. The predicted octanol–water partition coefficient (Wildman–Crippen LogP) is 6.15. The first-order chi connectivity index (χ1) is 16.6. The van der Waals surface area contributed by atoms with Gasteiger partial charge in [0, 0.05) is 11.3 Å². The third kappa shape index (κ3) is 6.18. The highest BCUT2D eigenvalue weighted by molar-refractivity contribution is 6.48. The smallest absolute Gasteiger partial charge is 0.338 e. The second-order valence-corrected chi connectivity index (χ2v) is 10.2. The number of hydrogen-bond donors (Lipinski definition) is 1. The Labute approximate surface area is 208 Å². The fraction of sp³-hybridized carbons (Fsp3) is 0.414. The van der Waals surface area contributed by atoms with E-state index in [-0.39, 0.29) is 29.1 Å². The van der Waals surface area contributed by atoms with Crippen LogP contribution in [-0.2, 0) is 25.2 Å². The van der Waals surface area contributed by atoms with E-state index in [9.17, 15) is 9.59 Å². The zero-order valence-electron chi connectivity index (χ0n) is 21.4. The topological polar surface area (TPSA) is 77.0 Å². The molecular weight excluding hydrogens is 440 g/mol. The Morgan fingerprint density at radius 2 is 1.63 bits per heavy atom. The number of fused-ring (bicyclic) bond motifs is 1. The van der Waals surface area contributed by atoms with Crippen LogP contribution in [0.4, 0.5) is 5.69 Å². The molecule has 0 spiro atoms. The van der Waals surface area contributed by atoms with Crippen molar-refractivity contribution in [1.82, 2.24) is 0 Å². The lowest BCUT2D eigenvalue weighted by molar-refractivity contribution is -0.110. The molecule has 0 aliphatic heterocycles. The Kier molecular flexibility index (Phi) is 8.15. The van der Waals surface area contributed by atoms with E-state index in [2.05, 4.69) is 56.9 Å². The van der Waals surface area contributed by atoms with E-state index in [4.69, 9.17) is 9.57 Å². The molecule has 0 heterocycles. The second kappa shape index (κ2) is 10.9. The van der Waals surface area contributed by atoms with Crippen LogP contribution in [0.1, 0.15) is 80.9 Å². The molecule has 0 unspecified atom stereocenters. The summed E-state index contributed by atoms with van der Waals surface area (Å²) >= 11 is 0. The zero-order valence-corrected chi connectivity index (χ0v) is 21.4. The van der Waals surface area contributed by atoms with Gasteiger partial charge in [0.1, 0.15) is 13.2 Å². The first kappa shape index (κ1) is 26.2. The summed E-state index contributed by atoms with van der Waals surface area (Å²) < 4.78 is 5.05. The van der Waals surface area contributed by atoms with Gasteiger partial charge in [-0.25, -0.2) is 4.79 Å². The van der Waals surface area contributed by atoms with Crippen LogP contribution in [0.25, 0.3) is 0 Å². The second-order valence-electron chi connectivity index (χ2n) is 10.2. The van der Waals surface area contributed by atoms with Gasteiger partial charge in [-0.3, -0.25) is 4.79 Å². The van der Waals surface area contributed by atoms with Crippen molar-refractivity contribution in [2.75, 3.05) is 18.5 Å². The van der Waals surface area contributed by atoms with Crippen LogP contribution >= 0.6 is 0 Å². The van der Waals surface area contributed by atoms with Crippen molar-refractivity contribution in [2.45, 2.75) is 64.7 Å². The van der Waals surface area contributed by atoms with Crippen molar-refractivity contribution < 1.29 is 19.2 Å². The van der Waals surface area contributed by atoms with E-state index in [0.717, 1.165) is 19.3 Å². The molecule has 0 fully saturated rings. The molecule has 0 radical (unpaired) electrons. The van der Waals surface area contributed by atoms with E-state index in [0.29, 0.717) is 23.4 Å². The van der Waals surface area contributed by atoms with Gasteiger partial charge in [-0.05, 0) is 71.6 Å². The highest BCUT2D eigenvalue weighted by Crippen LogP contribution is 2.46. The molecule has 186 valence electrons. The van der Waals surface area contributed by atoms with Crippen LogP contribution in [0, 0.1) is 0 Å². The van der Waals surface area contributed by atoms with Gasteiger partial charge in [0.05, 0.1) is 5.56 Å². The Morgan fingerprint density at radius 3 is 2.26 bits per heavy atom. The third-order valence-corrected chi connectivity index (χ3v) is 6.50. The van der Waals surface area contributed by atoms with Gasteiger partial charge < -0.3 is 14.9 Å². The van der Waals surface area contributed by atoms with Crippen LogP contribution in [0.15, 0.2) is 60.3 Å². The molecular formula is C29H36N2O4. The highest BCUT2D eigenvalue weighted by atomic mass is 16.6. The molecule has 1 amide bonds. The molecule has 6 heteroatoms. The Morgan fingerprint density at radius 1 is 1.00 bits per heavy atom. The number of carbonyl (C=O) groups excluding carboxylic acids is 2. The lowest BCUT2D eigenvalue weighted by atomic mass is 9.63. The molecule has 3 rings (SSSR count). The van der Waals surface area contributed by atoms with E-state index in [1.165, 1.54) is 17.2 Å². The van der Waals surface area contributed by atoms with Crippen molar-refractivity contribution in [3.8, 4) is 0 Å². The summed E-state index contributed by atoms with van der Waals surface area (Å²) in [5, 5.41) is 7.09. The maximum absolute atomic E-state index is 13.3. The molecule has 0 saturated heterocycles. The van der Waals surface area contributed by atoms with Crippen LogP contribution in [0.5, 0.6) is 0 Å². The highest BCUT2D eigenvalue weighted by Gasteiger charge is 2.37. The lowest BCUT2D eigenvalue weighted by Crippen LogP contribution is -2.34. The minimum Gasteiger partial charge on any atom is -0.458 e. The number of nitrogens with one attached hydrogen (secondary N) is 1. The van der Waals surface area contributed by atoms with Crippen LogP contribution in [0.3, 0.4) is 0 Å². The first-order valence-electron chi connectivity index (χ1n) is 12.1. The lowest BCUT2D eigenvalue weighted by Gasteiger charge is -2.42. The van der Waals surface area contributed by atoms with Crippen LogP contribution in [0.2, 0.25) is 0 Å². The number of amides is 1. The van der Waals surface area contributed by atoms with E-state index < -0.39 is 5.97 Å². The van der Waals surface area contributed by atoms with Gasteiger partial charge in [0.25, 0.3) is 5.91 Å². The maximum atomic E-state index is 13.3. The van der Waals surface area contributed by atoms with E-state index in [1.54, 1.807) is 24.3 Å². The average Bonchev–Trinajstić information content (AvgIpc) is 2.83. The molecule has 2 aromatic carbocycles. The number of carbonyl (C=O) groups is 2. The number of anilines is 1. The van der Waals surface area contributed by atoms with Crippen molar-refractivity contribution in [2.24, 2.45) is 5.16 Å². The fourth-order valence-corrected chi connectivity index (χ4v) is 4.26. The quantitative estimate of drug-likeness (QED) is 0.155. The zero-order chi connectivity index (χ0) is 25.6. The Balaban J connectivity index is 1.89. The summed E-state index contributed by atoms with van der Waals surface area (Å²) in [5.74, 6) is -0.825. The number of benzene rings is 2. The summed E-state index contributed by atoms with van der Waals surface area (Å²) in [5.41, 5.74) is 4.50. The molecule has 0 bridgehead atoms. The van der Waals surface area contributed by atoms with Gasteiger partial charge in [-0.2, -0.15) is 0 Å². The Hall–Kier alpha value is -3.41. The van der Waals surface area contributed by atoms with Crippen molar-refractivity contribution in [3.05, 3.63) is 77.4 Å². The standard InChI is InChI=1S/C29H36N2O4/c1-7-17-34-27(33)20-9-12-22(13-10-20)30-26(32)25(31-35-18-8-2)21-11-14-23-24(19-21)29(5,6)16-15-28(23,3)4/h7,9-14,19H,1,8,15-18H2,2-6H3,(H,30,32)/b31-25+. The number of rotatable bonds is 9. The molecule has 1 N–H and O–H groups in total. The summed E-state index contributed by atoms with van der Waals surface area (Å²) in [7, 11) is 0. The number of nitrogens with zero attached hydrogens (tertiary/aromatic N) is 1. The summed E-state index contributed by atoms with van der Waals surface area (Å²) in [4.78, 5) is 30.7. The van der Waals surface area contributed by atoms with Crippen molar-refractivity contribution in [3.63, 3.8) is 0 Å². The molecule has 0 aromatic heterocycles. The summed E-state index contributed by atoms with van der Waals surface area (Å²) in [6.45, 7) is 15.1. The normalized spacial score (nSPS) is 16.1. The van der Waals surface area contributed by atoms with Crippen LogP contribution < -0.4 is 5.32 Å². The number of hydrogen-bond acceptors (Lipinski definition) is 5. The van der Waals surface area contributed by atoms with E-state index in [1.807, 2.05) is 13.0 Å². The molecule has 6 nitrogen and oxygen atoms in total. The fourth-order valence-electron chi connectivity index (χ4n) is 4.26. The predicted molar refractivity (Wildman–Crippen MR) is 140 cm³/mol. The number of esters is 1. The molecule has 1 aliphatic carbocycles. The molecule has 0 atom stereocenters. The summed E-state index contributed by atoms with van der Waals surface area (Å²) in [6.07, 6.45) is 4.48. The summed E-state index contributed by atoms with van der Waals surface area (Å²) in [6, 6.07) is 12.7. The number of ether oxygens (including phenoxy) is 1. The van der Waals surface area contributed by atoms with Crippen LogP contribution in [-0.4, -0.2) is 30.8 Å². The third-order valence-electron chi connectivity index (χ3n) is 6.50. The van der Waals surface area contributed by atoms with Gasteiger partial charge in [-0.1, -0.05) is 64.6 Å². The van der Waals surface area contributed by atoms with Gasteiger partial charge in [0.15, 0.2) is 5.71 Å². The molecule has 1 aliphatic rings. The Bertz CT molecular complexity index is 1110. The minimum atomic E-state index is -0.447. The monoisotopic (exact) mass is 476 g/mol. The molecule has 2 aromatic rings. The SMILES string of the molecule is C=CCOC(=O)c1ccc(NC(=O)/C(=N/OCCC)c2ccc3c(c2)C(C)(C)CCC3(C)C)cc1.